The molecule has 4 heteroatoms. The summed E-state index contributed by atoms with van der Waals surface area (Å²) in [7, 11) is 0. The molecule has 2 heterocycles. The lowest BCUT2D eigenvalue weighted by atomic mass is 9.96. The largest absolute Gasteiger partial charge is 0.253 e. The van der Waals surface area contributed by atoms with E-state index in [1.165, 1.54) is 0 Å². The predicted octanol–water partition coefficient (Wildman–Crippen LogP) is 3.09. The Labute approximate surface area is 124 Å². The minimum atomic E-state index is -0.0794. The van der Waals surface area contributed by atoms with E-state index in [-0.39, 0.29) is 5.41 Å². The van der Waals surface area contributed by atoms with Crippen LogP contribution in [0.5, 0.6) is 0 Å². The highest BCUT2D eigenvalue weighted by molar-refractivity contribution is 5.34. The molecule has 1 aromatic carbocycles. The maximum absolute atomic E-state index is 5.26. The first-order chi connectivity index (χ1) is 10.0. The van der Waals surface area contributed by atoms with E-state index < -0.39 is 0 Å². The molecule has 0 fully saturated rings. The third-order valence-corrected chi connectivity index (χ3v) is 2.69. The van der Waals surface area contributed by atoms with Crippen LogP contribution in [0, 0.1) is 12.3 Å². The minimum absolute atomic E-state index is 0.0794. The van der Waals surface area contributed by atoms with E-state index in [1.807, 2.05) is 36.4 Å². The van der Waals surface area contributed by atoms with Crippen molar-refractivity contribution in [2.24, 2.45) is 0 Å². The topological polar surface area (TPSA) is 43.1 Å². The van der Waals surface area contributed by atoms with Crippen LogP contribution in [0.25, 0.3) is 5.78 Å². The Morgan fingerprint density at radius 1 is 1.00 bits per heavy atom. The van der Waals surface area contributed by atoms with Gasteiger partial charge in [-0.25, -0.2) is 9.50 Å². The molecular formula is C17H18N4. The highest BCUT2D eigenvalue weighted by Gasteiger charge is 2.19. The summed E-state index contributed by atoms with van der Waals surface area (Å²) in [6.45, 7) is 6.18. The fourth-order valence-corrected chi connectivity index (χ4v) is 1.56. The van der Waals surface area contributed by atoms with Gasteiger partial charge < -0.3 is 0 Å². The maximum atomic E-state index is 5.26. The fourth-order valence-electron chi connectivity index (χ4n) is 1.56. The number of rotatable bonds is 0. The first kappa shape index (κ1) is 14.7. The van der Waals surface area contributed by atoms with Crippen molar-refractivity contribution in [3.63, 3.8) is 0 Å². The number of hydrogen-bond donors (Lipinski definition) is 0. The normalized spacial score (nSPS) is 10.6. The number of aromatic nitrogens is 4. The van der Waals surface area contributed by atoms with E-state index in [9.17, 15) is 0 Å². The van der Waals surface area contributed by atoms with Crippen LogP contribution in [0.4, 0.5) is 0 Å². The second-order valence-electron chi connectivity index (χ2n) is 5.54. The van der Waals surface area contributed by atoms with Crippen molar-refractivity contribution >= 4 is 5.78 Å². The van der Waals surface area contributed by atoms with E-state index in [4.69, 9.17) is 6.42 Å². The lowest BCUT2D eigenvalue weighted by molar-refractivity contribution is 0.545. The molecule has 0 N–H and O–H groups in total. The molecule has 0 aliphatic carbocycles. The Morgan fingerprint density at radius 2 is 1.57 bits per heavy atom. The molecule has 3 rings (SSSR count). The molecule has 0 saturated heterocycles. The molecule has 0 atom stereocenters. The molecular weight excluding hydrogens is 260 g/mol. The van der Waals surface area contributed by atoms with Crippen molar-refractivity contribution in [2.75, 3.05) is 0 Å². The third kappa shape index (κ3) is 3.90. The molecule has 0 bridgehead atoms. The highest BCUT2D eigenvalue weighted by Crippen LogP contribution is 2.18. The Hall–Kier alpha value is -2.67. The van der Waals surface area contributed by atoms with E-state index in [0.29, 0.717) is 11.5 Å². The third-order valence-electron chi connectivity index (χ3n) is 2.69. The Balaban J connectivity index is 0.000000225. The van der Waals surface area contributed by atoms with Crippen LogP contribution in [0.2, 0.25) is 0 Å². The fraction of sp³-hybridized carbons (Fsp3) is 0.235. The van der Waals surface area contributed by atoms with E-state index in [0.717, 1.165) is 5.82 Å². The van der Waals surface area contributed by atoms with Gasteiger partial charge >= 0.3 is 0 Å². The number of nitrogens with zero attached hydrogens (tertiary/aromatic N) is 4. The number of terminal acetylenes is 1. The maximum Gasteiger partial charge on any atom is 0.253 e. The zero-order valence-corrected chi connectivity index (χ0v) is 12.5. The lowest BCUT2D eigenvalue weighted by Crippen LogP contribution is -2.13. The van der Waals surface area contributed by atoms with Crippen LogP contribution in [0.1, 0.15) is 32.3 Å². The average molecular weight is 278 g/mol. The van der Waals surface area contributed by atoms with Gasteiger partial charge in [-0.2, -0.15) is 4.98 Å². The summed E-state index contributed by atoms with van der Waals surface area (Å²) >= 11 is 0. The summed E-state index contributed by atoms with van der Waals surface area (Å²) in [6, 6.07) is 13.7. The molecule has 0 aliphatic heterocycles. The molecule has 0 saturated carbocycles. The summed E-state index contributed by atoms with van der Waals surface area (Å²) in [5.41, 5.74) is 0.500. The van der Waals surface area contributed by atoms with Gasteiger partial charge in [-0.05, 0) is 6.07 Å². The van der Waals surface area contributed by atoms with Crippen molar-refractivity contribution < 1.29 is 0 Å². The zero-order valence-electron chi connectivity index (χ0n) is 12.5. The highest BCUT2D eigenvalue weighted by atomic mass is 15.3. The Morgan fingerprint density at radius 3 is 2.05 bits per heavy atom. The van der Waals surface area contributed by atoms with Crippen LogP contribution < -0.4 is 0 Å². The van der Waals surface area contributed by atoms with Gasteiger partial charge in [-0.3, -0.25) is 0 Å². The molecule has 0 unspecified atom stereocenters. The first-order valence-electron chi connectivity index (χ1n) is 6.71. The van der Waals surface area contributed by atoms with Gasteiger partial charge in [0, 0.05) is 11.6 Å². The van der Waals surface area contributed by atoms with Crippen molar-refractivity contribution in [3.05, 3.63) is 60.2 Å². The summed E-state index contributed by atoms with van der Waals surface area (Å²) in [5.74, 6) is 3.79. The van der Waals surface area contributed by atoms with Crippen LogP contribution in [0.3, 0.4) is 0 Å². The van der Waals surface area contributed by atoms with Gasteiger partial charge in [-0.1, -0.05) is 63.1 Å². The predicted molar refractivity (Wildman–Crippen MR) is 83.9 cm³/mol. The standard InChI is InChI=1S/C11H12N4.C6H6/c1-5-8-6-7-15-10(12-8)13-9(14-15)11(2,3)4;1-2-4-6-5-3-1/h1,6-7H,2-4H3;1-6H. The van der Waals surface area contributed by atoms with E-state index in [2.05, 4.69) is 41.8 Å². The summed E-state index contributed by atoms with van der Waals surface area (Å²) in [6.07, 6.45) is 7.04. The monoisotopic (exact) mass is 278 g/mol. The van der Waals surface area contributed by atoms with Crippen molar-refractivity contribution in [2.45, 2.75) is 26.2 Å². The Kier molecular flexibility index (Phi) is 4.34. The van der Waals surface area contributed by atoms with Crippen LogP contribution in [-0.2, 0) is 5.41 Å². The average Bonchev–Trinajstić information content (AvgIpc) is 2.92. The quantitative estimate of drug-likeness (QED) is 0.593. The van der Waals surface area contributed by atoms with Crippen LogP contribution >= 0.6 is 0 Å². The summed E-state index contributed by atoms with van der Waals surface area (Å²) < 4.78 is 1.64. The number of hydrogen-bond acceptors (Lipinski definition) is 3. The van der Waals surface area contributed by atoms with Gasteiger partial charge in [0.25, 0.3) is 5.78 Å². The van der Waals surface area contributed by atoms with Crippen LogP contribution in [0.15, 0.2) is 48.7 Å². The van der Waals surface area contributed by atoms with Crippen molar-refractivity contribution in [3.8, 4) is 12.3 Å². The van der Waals surface area contributed by atoms with Gasteiger partial charge in [0.2, 0.25) is 0 Å². The van der Waals surface area contributed by atoms with Gasteiger partial charge in [0.15, 0.2) is 5.82 Å². The second-order valence-corrected chi connectivity index (χ2v) is 5.54. The smallest absolute Gasteiger partial charge is 0.204 e. The van der Waals surface area contributed by atoms with E-state index >= 15 is 0 Å². The second kappa shape index (κ2) is 6.19. The lowest BCUT2D eigenvalue weighted by Gasteiger charge is -2.11. The molecule has 106 valence electrons. The SMILES string of the molecule is C#Cc1ccn2nc(C(C)(C)C)nc2n1.c1ccccc1. The molecule has 21 heavy (non-hydrogen) atoms. The van der Waals surface area contributed by atoms with Gasteiger partial charge in [0.05, 0.1) is 0 Å². The molecule has 4 nitrogen and oxygen atoms in total. The van der Waals surface area contributed by atoms with Gasteiger partial charge in [-0.15, -0.1) is 11.5 Å². The minimum Gasteiger partial charge on any atom is -0.204 e. The summed E-state index contributed by atoms with van der Waals surface area (Å²) in [4.78, 5) is 8.52. The first-order valence-corrected chi connectivity index (χ1v) is 6.71. The Bertz CT molecular complexity index is 719. The van der Waals surface area contributed by atoms with E-state index in [1.54, 1.807) is 16.8 Å². The molecule has 3 aromatic rings. The van der Waals surface area contributed by atoms with Crippen molar-refractivity contribution in [1.29, 1.82) is 0 Å². The van der Waals surface area contributed by atoms with Gasteiger partial charge in [0.1, 0.15) is 5.69 Å². The molecule has 0 radical (unpaired) electrons. The summed E-state index contributed by atoms with van der Waals surface area (Å²) in [5, 5.41) is 4.33. The number of fused-ring (bicyclic) bond motifs is 1. The zero-order chi connectivity index (χ0) is 15.3. The molecule has 0 amide bonds. The molecule has 0 spiro atoms. The molecule has 0 aliphatic rings. The molecule has 2 aromatic heterocycles. The van der Waals surface area contributed by atoms with Crippen molar-refractivity contribution in [1.82, 2.24) is 19.6 Å². The van der Waals surface area contributed by atoms with Crippen LogP contribution in [-0.4, -0.2) is 19.6 Å². The number of benzene rings is 1.